The summed E-state index contributed by atoms with van der Waals surface area (Å²) in [7, 11) is 0. The van der Waals surface area contributed by atoms with Gasteiger partial charge in [-0.15, -0.1) is 0 Å². The predicted octanol–water partition coefficient (Wildman–Crippen LogP) is 6.44. The van der Waals surface area contributed by atoms with Crippen molar-refractivity contribution in [3.63, 3.8) is 0 Å². The van der Waals surface area contributed by atoms with Gasteiger partial charge in [0.1, 0.15) is 0 Å². The zero-order valence-electron chi connectivity index (χ0n) is 19.9. The van der Waals surface area contributed by atoms with Crippen LogP contribution in [0.4, 0.5) is 0 Å². The minimum atomic E-state index is -0.305. The summed E-state index contributed by atoms with van der Waals surface area (Å²) in [6.45, 7) is 12.3. The molecule has 0 aromatic carbocycles. The van der Waals surface area contributed by atoms with Gasteiger partial charge in [0, 0.05) is 0 Å². The van der Waals surface area contributed by atoms with Gasteiger partial charge in [0.15, 0.2) is 0 Å². The Bertz CT molecular complexity index is 573. The smallest absolute Gasteiger partial charge is 0.0623 e. The predicted molar refractivity (Wildman–Crippen MR) is 120 cm³/mol. The van der Waals surface area contributed by atoms with Gasteiger partial charge in [0.2, 0.25) is 0 Å². The van der Waals surface area contributed by atoms with Crippen LogP contribution in [-0.4, -0.2) is 22.4 Å². The summed E-state index contributed by atoms with van der Waals surface area (Å²) < 4.78 is 0. The number of aliphatic hydroxyl groups is 2. The number of aliphatic hydroxyl groups excluding tert-OH is 2. The lowest BCUT2D eigenvalue weighted by atomic mass is 9.43. The molecule has 2 N–H and O–H groups in total. The molecule has 29 heavy (non-hydrogen) atoms. The molecule has 0 spiro atoms. The van der Waals surface area contributed by atoms with Crippen LogP contribution in [-0.2, 0) is 0 Å². The molecule has 0 aromatic heterocycles. The monoisotopic (exact) mass is 404 g/mol. The molecule has 10 atom stereocenters. The number of rotatable bonds is 5. The van der Waals surface area contributed by atoms with Gasteiger partial charge >= 0.3 is 0 Å². The molecular weight excluding hydrogens is 356 g/mol. The minimum absolute atomic E-state index is 0.0461. The third-order valence-electron chi connectivity index (χ3n) is 10.9. The highest BCUT2D eigenvalue weighted by molar-refractivity contribution is 5.11. The standard InChI is InChI=1S/C27H48O2/c1-17(2)7-6-8-18(3)22-11-12-23-21-10-9-19-15-20(28)16-25(29)27(19,5)24(21)13-14-26(22,23)4/h17-25,28-29H,6-16H2,1-5H3/t18-,19?,20+,21+,22-,23+,24+,25?,26-,27-/m1/s1. The van der Waals surface area contributed by atoms with E-state index < -0.39 is 0 Å². The molecule has 0 amide bonds. The van der Waals surface area contributed by atoms with Crippen LogP contribution in [0.2, 0.25) is 0 Å². The zero-order valence-corrected chi connectivity index (χ0v) is 19.9. The van der Waals surface area contributed by atoms with Crippen molar-refractivity contribution in [2.45, 2.75) is 117 Å². The lowest BCUT2D eigenvalue weighted by Gasteiger charge is -2.62. The fraction of sp³-hybridized carbons (Fsp3) is 1.00. The largest absolute Gasteiger partial charge is 0.393 e. The molecule has 4 fully saturated rings. The number of hydrogen-bond acceptors (Lipinski definition) is 2. The highest BCUT2D eigenvalue weighted by Gasteiger charge is 2.62. The Hall–Kier alpha value is -0.0800. The summed E-state index contributed by atoms with van der Waals surface area (Å²) in [4.78, 5) is 0. The van der Waals surface area contributed by atoms with Crippen LogP contribution >= 0.6 is 0 Å². The molecule has 4 saturated carbocycles. The lowest BCUT2D eigenvalue weighted by Crippen LogP contribution is -2.59. The first-order valence-corrected chi connectivity index (χ1v) is 13.0. The highest BCUT2D eigenvalue weighted by Crippen LogP contribution is 2.68. The second-order valence-corrected chi connectivity index (χ2v) is 12.7. The third-order valence-corrected chi connectivity index (χ3v) is 10.9. The molecule has 4 rings (SSSR count). The summed E-state index contributed by atoms with van der Waals surface area (Å²) >= 11 is 0. The average Bonchev–Trinajstić information content (AvgIpc) is 3.00. The van der Waals surface area contributed by atoms with Crippen molar-refractivity contribution in [2.24, 2.45) is 52.3 Å². The Labute approximate surface area is 180 Å². The lowest BCUT2D eigenvalue weighted by molar-refractivity contribution is -0.182. The van der Waals surface area contributed by atoms with Gasteiger partial charge in [0.25, 0.3) is 0 Å². The molecule has 0 radical (unpaired) electrons. The van der Waals surface area contributed by atoms with Gasteiger partial charge in [-0.25, -0.2) is 0 Å². The molecule has 0 saturated heterocycles. The van der Waals surface area contributed by atoms with Crippen LogP contribution in [0.1, 0.15) is 105 Å². The SMILES string of the molecule is CC(C)CCC[C@@H](C)[C@H]1CC[C@H]2[C@@H]3CCC4C[C@H](O)CC(O)[C@@]4(C)[C@H]3CC[C@]12C. The third kappa shape index (κ3) is 3.63. The van der Waals surface area contributed by atoms with Gasteiger partial charge in [-0.05, 0) is 104 Å². The fourth-order valence-corrected chi connectivity index (χ4v) is 9.32. The van der Waals surface area contributed by atoms with Crippen molar-refractivity contribution in [2.75, 3.05) is 0 Å². The van der Waals surface area contributed by atoms with E-state index in [0.717, 1.165) is 36.0 Å². The second-order valence-electron chi connectivity index (χ2n) is 12.7. The van der Waals surface area contributed by atoms with Crippen LogP contribution in [0.5, 0.6) is 0 Å². The van der Waals surface area contributed by atoms with E-state index in [-0.39, 0.29) is 17.6 Å². The van der Waals surface area contributed by atoms with E-state index in [1.165, 1.54) is 57.8 Å². The topological polar surface area (TPSA) is 40.5 Å². The van der Waals surface area contributed by atoms with E-state index in [2.05, 4.69) is 34.6 Å². The Morgan fingerprint density at radius 2 is 1.62 bits per heavy atom. The molecule has 0 bridgehead atoms. The maximum Gasteiger partial charge on any atom is 0.0623 e. The maximum absolute atomic E-state index is 11.1. The zero-order chi connectivity index (χ0) is 21.0. The minimum Gasteiger partial charge on any atom is -0.393 e. The molecule has 4 aliphatic rings. The summed E-state index contributed by atoms with van der Waals surface area (Å²) in [6, 6.07) is 0. The van der Waals surface area contributed by atoms with Crippen LogP contribution in [0.25, 0.3) is 0 Å². The summed E-state index contributed by atoms with van der Waals surface area (Å²) in [5.74, 6) is 5.49. The van der Waals surface area contributed by atoms with E-state index in [9.17, 15) is 10.2 Å². The van der Waals surface area contributed by atoms with Gasteiger partial charge in [-0.3, -0.25) is 0 Å². The molecular formula is C27H48O2. The Morgan fingerprint density at radius 1 is 0.862 bits per heavy atom. The first-order valence-electron chi connectivity index (χ1n) is 13.0. The molecule has 2 nitrogen and oxygen atoms in total. The molecule has 4 aliphatic carbocycles. The Balaban J connectivity index is 1.49. The van der Waals surface area contributed by atoms with Crippen molar-refractivity contribution in [1.29, 1.82) is 0 Å². The van der Waals surface area contributed by atoms with Crippen LogP contribution in [0.15, 0.2) is 0 Å². The molecule has 2 unspecified atom stereocenters. The van der Waals surface area contributed by atoms with Crippen molar-refractivity contribution in [3.8, 4) is 0 Å². The van der Waals surface area contributed by atoms with E-state index >= 15 is 0 Å². The van der Waals surface area contributed by atoms with E-state index in [1.807, 2.05) is 0 Å². The van der Waals surface area contributed by atoms with Crippen LogP contribution < -0.4 is 0 Å². The summed E-state index contributed by atoms with van der Waals surface area (Å²) in [6.07, 6.45) is 13.3. The highest BCUT2D eigenvalue weighted by atomic mass is 16.3. The second kappa shape index (κ2) is 8.12. The molecule has 0 aliphatic heterocycles. The van der Waals surface area contributed by atoms with Crippen LogP contribution in [0, 0.1) is 52.3 Å². The first kappa shape index (κ1) is 22.1. The van der Waals surface area contributed by atoms with E-state index in [1.54, 1.807) is 0 Å². The van der Waals surface area contributed by atoms with Gasteiger partial charge < -0.3 is 10.2 Å². The quantitative estimate of drug-likeness (QED) is 0.553. The molecule has 0 heterocycles. The van der Waals surface area contributed by atoms with Crippen molar-refractivity contribution in [3.05, 3.63) is 0 Å². The van der Waals surface area contributed by atoms with Crippen molar-refractivity contribution >= 4 is 0 Å². The van der Waals surface area contributed by atoms with Crippen LogP contribution in [0.3, 0.4) is 0 Å². The van der Waals surface area contributed by atoms with Gasteiger partial charge in [0.05, 0.1) is 12.2 Å². The van der Waals surface area contributed by atoms with Gasteiger partial charge in [-0.2, -0.15) is 0 Å². The van der Waals surface area contributed by atoms with Crippen molar-refractivity contribution in [1.82, 2.24) is 0 Å². The number of hydrogen-bond donors (Lipinski definition) is 2. The Morgan fingerprint density at radius 3 is 2.34 bits per heavy atom. The molecule has 2 heteroatoms. The summed E-state index contributed by atoms with van der Waals surface area (Å²) in [5, 5.41) is 21.4. The van der Waals surface area contributed by atoms with Crippen molar-refractivity contribution < 1.29 is 10.2 Å². The Kier molecular flexibility index (Phi) is 6.19. The van der Waals surface area contributed by atoms with E-state index in [0.29, 0.717) is 23.7 Å². The fourth-order valence-electron chi connectivity index (χ4n) is 9.32. The number of fused-ring (bicyclic) bond motifs is 5. The normalized spacial score (nSPS) is 50.7. The maximum atomic E-state index is 11.1. The summed E-state index contributed by atoms with van der Waals surface area (Å²) in [5.41, 5.74) is 0.575. The first-order chi connectivity index (χ1) is 13.7. The average molecular weight is 405 g/mol. The van der Waals surface area contributed by atoms with Gasteiger partial charge in [-0.1, -0.05) is 53.9 Å². The molecule has 0 aromatic rings. The molecule has 168 valence electrons. The van der Waals surface area contributed by atoms with E-state index in [4.69, 9.17) is 0 Å².